The van der Waals surface area contributed by atoms with Gasteiger partial charge in [-0.3, -0.25) is 19.8 Å². The summed E-state index contributed by atoms with van der Waals surface area (Å²) in [7, 11) is 0. The largest absolute Gasteiger partial charge is 0.346 e. The van der Waals surface area contributed by atoms with Crippen LogP contribution in [0, 0.1) is 0 Å². The van der Waals surface area contributed by atoms with Crippen LogP contribution in [0.15, 0.2) is 29.6 Å². The van der Waals surface area contributed by atoms with Crippen LogP contribution in [0.1, 0.15) is 21.1 Å². The number of hydrogen-bond donors (Lipinski definition) is 2. The Morgan fingerprint density at radius 1 is 1.36 bits per heavy atom. The highest BCUT2D eigenvalue weighted by atomic mass is 32.2. The zero-order valence-electron chi connectivity index (χ0n) is 13.4. The monoisotopic (exact) mass is 376 g/mol. The highest BCUT2D eigenvalue weighted by Gasteiger charge is 2.27. The predicted molar refractivity (Wildman–Crippen MR) is 97.8 cm³/mol. The van der Waals surface area contributed by atoms with E-state index in [0.29, 0.717) is 17.8 Å². The molecule has 25 heavy (non-hydrogen) atoms. The number of carbonyl (C=O) groups is 3. The van der Waals surface area contributed by atoms with Gasteiger partial charge in [0, 0.05) is 22.4 Å². The summed E-state index contributed by atoms with van der Waals surface area (Å²) >= 11 is 3.29. The Morgan fingerprint density at radius 2 is 2.12 bits per heavy atom. The first kappa shape index (κ1) is 17.4. The van der Waals surface area contributed by atoms with Crippen LogP contribution in [0.2, 0.25) is 0 Å². The first-order chi connectivity index (χ1) is 12.1. The molecule has 1 aromatic carbocycles. The molecule has 0 bridgehead atoms. The van der Waals surface area contributed by atoms with Crippen LogP contribution in [0.4, 0.5) is 10.5 Å². The van der Waals surface area contributed by atoms with E-state index in [2.05, 4.69) is 15.6 Å². The Balaban J connectivity index is 1.58. The summed E-state index contributed by atoms with van der Waals surface area (Å²) in [6.45, 7) is 0.362. The van der Waals surface area contributed by atoms with E-state index >= 15 is 0 Å². The van der Waals surface area contributed by atoms with E-state index < -0.39 is 6.03 Å². The quantitative estimate of drug-likeness (QED) is 0.753. The van der Waals surface area contributed by atoms with Crippen molar-refractivity contribution in [1.82, 2.24) is 15.6 Å². The number of aromatic nitrogens is 1. The third-order valence-corrected chi connectivity index (χ3v) is 5.17. The van der Waals surface area contributed by atoms with Crippen LogP contribution in [-0.4, -0.2) is 35.6 Å². The molecule has 0 aliphatic carbocycles. The van der Waals surface area contributed by atoms with Crippen molar-refractivity contribution in [2.45, 2.75) is 12.3 Å². The average molecular weight is 376 g/mol. The van der Waals surface area contributed by atoms with E-state index in [0.717, 1.165) is 16.5 Å². The lowest BCUT2D eigenvalue weighted by Gasteiger charge is -2.13. The first-order valence-corrected chi connectivity index (χ1v) is 9.76. The third kappa shape index (κ3) is 4.18. The van der Waals surface area contributed by atoms with Gasteiger partial charge < -0.3 is 5.32 Å². The summed E-state index contributed by atoms with van der Waals surface area (Å²) in [5.41, 5.74) is 1.89. The lowest BCUT2D eigenvalue weighted by Crippen LogP contribution is -2.28. The molecular weight excluding hydrogens is 360 g/mol. The maximum atomic E-state index is 12.2. The minimum Gasteiger partial charge on any atom is -0.346 e. The number of nitrogens with zero attached hydrogens (tertiary/aromatic N) is 2. The Labute approximate surface area is 152 Å². The fourth-order valence-electron chi connectivity index (χ4n) is 2.34. The Bertz CT molecular complexity index is 804. The molecule has 7 nitrogen and oxygen atoms in total. The summed E-state index contributed by atoms with van der Waals surface area (Å²) < 4.78 is 0. The molecule has 3 rings (SSSR count). The maximum absolute atomic E-state index is 12.2. The fourth-order valence-corrected chi connectivity index (χ4v) is 3.85. The predicted octanol–water partition coefficient (Wildman–Crippen LogP) is 1.99. The molecular formula is C16H16N4O3S2. The zero-order valence-corrected chi connectivity index (χ0v) is 15.1. The van der Waals surface area contributed by atoms with Crippen molar-refractivity contribution in [1.29, 1.82) is 0 Å². The SMILES string of the molecule is CSCc1nc(CNC(=O)c2ccc(N3CC(=O)NC3=O)cc2)cs1. The molecule has 1 aromatic heterocycles. The number of carbonyl (C=O) groups excluding carboxylic acids is 3. The molecule has 130 valence electrons. The molecule has 0 spiro atoms. The van der Waals surface area contributed by atoms with E-state index in [9.17, 15) is 14.4 Å². The summed E-state index contributed by atoms with van der Waals surface area (Å²) in [6, 6.07) is 6.09. The van der Waals surface area contributed by atoms with Crippen molar-refractivity contribution >= 4 is 46.6 Å². The summed E-state index contributed by atoms with van der Waals surface area (Å²) in [5.74, 6) is 0.316. The molecule has 2 heterocycles. The normalized spacial score (nSPS) is 13.9. The number of anilines is 1. The van der Waals surface area contributed by atoms with Gasteiger partial charge in [0.15, 0.2) is 0 Å². The molecule has 1 saturated heterocycles. The van der Waals surface area contributed by atoms with E-state index in [1.165, 1.54) is 4.90 Å². The van der Waals surface area contributed by atoms with Gasteiger partial charge in [-0.15, -0.1) is 11.3 Å². The smallest absolute Gasteiger partial charge is 0.329 e. The van der Waals surface area contributed by atoms with Crippen LogP contribution in [0.5, 0.6) is 0 Å². The van der Waals surface area contributed by atoms with Crippen LogP contribution < -0.4 is 15.5 Å². The minimum absolute atomic E-state index is 0.00736. The molecule has 2 aromatic rings. The van der Waals surface area contributed by atoms with E-state index in [1.807, 2.05) is 11.6 Å². The number of amides is 4. The van der Waals surface area contributed by atoms with Crippen LogP contribution >= 0.6 is 23.1 Å². The number of nitrogens with one attached hydrogen (secondary N) is 2. The van der Waals surface area contributed by atoms with Crippen molar-refractivity contribution in [3.05, 3.63) is 45.9 Å². The number of thioether (sulfide) groups is 1. The second-order valence-corrected chi connectivity index (χ2v) is 7.14. The number of urea groups is 1. The number of thiazole rings is 1. The molecule has 0 atom stereocenters. The molecule has 0 saturated carbocycles. The standard InChI is InChI=1S/C16H16N4O3S2/c1-24-9-14-18-11(8-25-14)6-17-15(22)10-2-4-12(5-3-10)20-7-13(21)19-16(20)23/h2-5,8H,6-7,9H2,1H3,(H,17,22)(H,19,21,23). The van der Waals surface area contributed by atoms with Crippen molar-refractivity contribution in [3.8, 4) is 0 Å². The average Bonchev–Trinajstić information content (AvgIpc) is 3.19. The van der Waals surface area contributed by atoms with Crippen molar-refractivity contribution < 1.29 is 14.4 Å². The highest BCUT2D eigenvalue weighted by Crippen LogP contribution is 2.18. The zero-order chi connectivity index (χ0) is 17.8. The molecule has 0 unspecified atom stereocenters. The Hall–Kier alpha value is -2.39. The minimum atomic E-state index is -0.452. The Kier molecular flexibility index (Phi) is 5.34. The fraction of sp³-hybridized carbons (Fsp3) is 0.250. The lowest BCUT2D eigenvalue weighted by molar-refractivity contribution is -0.117. The van der Waals surface area contributed by atoms with Crippen molar-refractivity contribution in [3.63, 3.8) is 0 Å². The Morgan fingerprint density at radius 3 is 2.76 bits per heavy atom. The van der Waals surface area contributed by atoms with Gasteiger partial charge in [-0.05, 0) is 30.5 Å². The van der Waals surface area contributed by atoms with E-state index in [4.69, 9.17) is 0 Å². The topological polar surface area (TPSA) is 91.4 Å². The summed E-state index contributed by atoms with van der Waals surface area (Å²) in [4.78, 5) is 40.8. The first-order valence-electron chi connectivity index (χ1n) is 7.48. The van der Waals surface area contributed by atoms with Gasteiger partial charge in [0.2, 0.25) is 5.91 Å². The number of imide groups is 1. The van der Waals surface area contributed by atoms with E-state index in [1.54, 1.807) is 47.4 Å². The van der Waals surface area contributed by atoms with Crippen molar-refractivity contribution in [2.24, 2.45) is 0 Å². The third-order valence-electron chi connectivity index (χ3n) is 3.53. The summed E-state index contributed by atoms with van der Waals surface area (Å²) in [6.07, 6.45) is 2.02. The number of rotatable bonds is 6. The van der Waals surface area contributed by atoms with Gasteiger partial charge in [0.1, 0.15) is 11.6 Å². The van der Waals surface area contributed by atoms with Gasteiger partial charge >= 0.3 is 6.03 Å². The van der Waals surface area contributed by atoms with Crippen LogP contribution in [0.3, 0.4) is 0 Å². The molecule has 9 heteroatoms. The second kappa shape index (κ2) is 7.66. The van der Waals surface area contributed by atoms with Crippen molar-refractivity contribution in [2.75, 3.05) is 17.7 Å². The molecule has 2 N–H and O–H groups in total. The number of benzene rings is 1. The second-order valence-electron chi connectivity index (χ2n) is 5.33. The van der Waals surface area contributed by atoms with Gasteiger partial charge in [-0.25, -0.2) is 9.78 Å². The lowest BCUT2D eigenvalue weighted by atomic mass is 10.2. The van der Waals surface area contributed by atoms with E-state index in [-0.39, 0.29) is 18.4 Å². The number of hydrogen-bond acceptors (Lipinski definition) is 6. The molecule has 1 fully saturated rings. The van der Waals surface area contributed by atoms with Gasteiger partial charge in [-0.2, -0.15) is 11.8 Å². The maximum Gasteiger partial charge on any atom is 0.329 e. The van der Waals surface area contributed by atoms with Gasteiger partial charge in [0.25, 0.3) is 5.91 Å². The highest BCUT2D eigenvalue weighted by molar-refractivity contribution is 7.97. The summed E-state index contributed by atoms with van der Waals surface area (Å²) in [5, 5.41) is 8.02. The molecule has 4 amide bonds. The molecule has 1 aliphatic heterocycles. The van der Waals surface area contributed by atoms with Crippen LogP contribution in [-0.2, 0) is 17.1 Å². The van der Waals surface area contributed by atoms with Gasteiger partial charge in [0.05, 0.1) is 12.2 Å². The van der Waals surface area contributed by atoms with Gasteiger partial charge in [-0.1, -0.05) is 0 Å². The molecule has 1 aliphatic rings. The van der Waals surface area contributed by atoms with Crippen LogP contribution in [0.25, 0.3) is 0 Å². The molecule has 0 radical (unpaired) electrons.